The molecule has 0 aliphatic rings. The number of aromatic nitrogens is 4. The first-order valence-corrected chi connectivity index (χ1v) is 7.98. The second-order valence-corrected chi connectivity index (χ2v) is 5.54. The molecule has 128 valence electrons. The Balaban J connectivity index is 1.47. The topological polar surface area (TPSA) is 76.7 Å². The summed E-state index contributed by atoms with van der Waals surface area (Å²) >= 11 is 0. The molecular weight excluding hydrogens is 333 g/mol. The number of benzene rings is 1. The summed E-state index contributed by atoms with van der Waals surface area (Å²) in [7, 11) is 0. The summed E-state index contributed by atoms with van der Waals surface area (Å²) in [5.74, 6) is 1.02. The molecule has 3 heterocycles. The Morgan fingerprint density at radius 2 is 1.92 bits per heavy atom. The second kappa shape index (κ2) is 7.10. The number of nitrogens with zero attached hydrogens (tertiary/aromatic N) is 4. The number of hydrogen-bond donors (Lipinski definition) is 1. The highest BCUT2D eigenvalue weighted by Crippen LogP contribution is 2.22. The maximum absolute atomic E-state index is 13.3. The molecule has 6 nitrogen and oxygen atoms in total. The molecule has 0 unspecified atom stereocenters. The fourth-order valence-corrected chi connectivity index (χ4v) is 2.39. The van der Waals surface area contributed by atoms with Crippen molar-refractivity contribution < 1.29 is 8.91 Å². The van der Waals surface area contributed by atoms with Crippen LogP contribution in [0, 0.1) is 5.82 Å². The monoisotopic (exact) mass is 347 g/mol. The summed E-state index contributed by atoms with van der Waals surface area (Å²) in [4.78, 5) is 12.9. The number of pyridine rings is 2. The minimum Gasteiger partial charge on any atom is -0.364 e. The smallest absolute Gasteiger partial charge is 0.259 e. The van der Waals surface area contributed by atoms with Crippen molar-refractivity contribution in [3.63, 3.8) is 0 Å². The van der Waals surface area contributed by atoms with Crippen molar-refractivity contribution in [1.82, 2.24) is 20.1 Å². The van der Waals surface area contributed by atoms with Gasteiger partial charge in [0.1, 0.15) is 11.6 Å². The molecule has 0 saturated carbocycles. The summed E-state index contributed by atoms with van der Waals surface area (Å²) < 4.78 is 18.6. The van der Waals surface area contributed by atoms with Crippen LogP contribution in [0.2, 0.25) is 0 Å². The van der Waals surface area contributed by atoms with Gasteiger partial charge in [0.2, 0.25) is 5.82 Å². The molecule has 0 bridgehead atoms. The normalized spacial score (nSPS) is 10.7. The van der Waals surface area contributed by atoms with Gasteiger partial charge in [0.15, 0.2) is 0 Å². The fourth-order valence-electron chi connectivity index (χ4n) is 2.39. The molecule has 0 saturated heterocycles. The molecule has 4 rings (SSSR count). The third-order valence-electron chi connectivity index (χ3n) is 3.70. The molecule has 3 aromatic heterocycles. The van der Waals surface area contributed by atoms with Gasteiger partial charge in [-0.3, -0.25) is 4.98 Å². The number of halogens is 1. The van der Waals surface area contributed by atoms with Crippen molar-refractivity contribution >= 4 is 5.82 Å². The molecule has 1 N–H and O–H groups in total. The zero-order valence-electron chi connectivity index (χ0n) is 13.6. The zero-order chi connectivity index (χ0) is 17.8. The van der Waals surface area contributed by atoms with E-state index in [0.717, 1.165) is 5.69 Å². The minimum absolute atomic E-state index is 0.327. The van der Waals surface area contributed by atoms with E-state index in [-0.39, 0.29) is 5.82 Å². The van der Waals surface area contributed by atoms with Gasteiger partial charge in [-0.25, -0.2) is 9.37 Å². The quantitative estimate of drug-likeness (QED) is 0.589. The van der Waals surface area contributed by atoms with Crippen molar-refractivity contribution in [2.24, 2.45) is 0 Å². The van der Waals surface area contributed by atoms with Gasteiger partial charge in [-0.05, 0) is 36.4 Å². The molecular formula is C19H14FN5O. The van der Waals surface area contributed by atoms with E-state index >= 15 is 0 Å². The number of hydrogen-bond acceptors (Lipinski definition) is 6. The van der Waals surface area contributed by atoms with Crippen LogP contribution in [0.1, 0.15) is 5.69 Å². The molecule has 0 fully saturated rings. The van der Waals surface area contributed by atoms with Gasteiger partial charge in [0.25, 0.3) is 5.89 Å². The molecule has 26 heavy (non-hydrogen) atoms. The van der Waals surface area contributed by atoms with Crippen LogP contribution in [0.15, 0.2) is 71.5 Å². The van der Waals surface area contributed by atoms with Crippen LogP contribution < -0.4 is 5.32 Å². The highest BCUT2D eigenvalue weighted by Gasteiger charge is 2.11. The minimum atomic E-state index is -0.348. The lowest BCUT2D eigenvalue weighted by Gasteiger charge is -2.04. The largest absolute Gasteiger partial charge is 0.364 e. The first-order chi connectivity index (χ1) is 12.8. The average molecular weight is 347 g/mol. The Labute approximate surface area is 148 Å². The predicted molar refractivity (Wildman–Crippen MR) is 94.5 cm³/mol. The van der Waals surface area contributed by atoms with Crippen LogP contribution >= 0.6 is 0 Å². The van der Waals surface area contributed by atoms with Gasteiger partial charge < -0.3 is 9.84 Å². The molecule has 0 radical (unpaired) electrons. The molecule has 0 aliphatic heterocycles. The Kier molecular flexibility index (Phi) is 4.34. The SMILES string of the molecule is Fc1cccc(-c2noc(-c3ccc(NCc4ccccn4)nc3)n2)c1. The molecule has 0 atom stereocenters. The van der Waals surface area contributed by atoms with Crippen molar-refractivity contribution in [2.45, 2.75) is 6.54 Å². The van der Waals surface area contributed by atoms with E-state index in [0.29, 0.717) is 35.2 Å². The summed E-state index contributed by atoms with van der Waals surface area (Å²) in [6.45, 7) is 0.581. The molecule has 0 aliphatic carbocycles. The van der Waals surface area contributed by atoms with Gasteiger partial charge >= 0.3 is 0 Å². The third kappa shape index (κ3) is 3.56. The maximum atomic E-state index is 13.3. The predicted octanol–water partition coefficient (Wildman–Crippen LogP) is 3.94. The first-order valence-electron chi connectivity index (χ1n) is 7.98. The lowest BCUT2D eigenvalue weighted by atomic mass is 10.2. The highest BCUT2D eigenvalue weighted by molar-refractivity contribution is 5.60. The van der Waals surface area contributed by atoms with E-state index in [1.807, 2.05) is 30.3 Å². The standard InChI is InChI=1S/C19H14FN5O/c20-15-5-3-4-13(10-15)18-24-19(26-25-18)14-7-8-17(22-11-14)23-12-16-6-1-2-9-21-16/h1-11H,12H2,(H,22,23). The average Bonchev–Trinajstić information content (AvgIpc) is 3.18. The lowest BCUT2D eigenvalue weighted by Crippen LogP contribution is -2.02. The van der Waals surface area contributed by atoms with Crippen LogP contribution in [-0.4, -0.2) is 20.1 Å². The van der Waals surface area contributed by atoms with Gasteiger partial charge in [0.05, 0.1) is 17.8 Å². The fraction of sp³-hybridized carbons (Fsp3) is 0.0526. The second-order valence-electron chi connectivity index (χ2n) is 5.54. The van der Waals surface area contributed by atoms with Crippen LogP contribution in [-0.2, 0) is 6.54 Å². The van der Waals surface area contributed by atoms with Gasteiger partial charge in [0, 0.05) is 18.0 Å². The molecule has 7 heteroatoms. The summed E-state index contributed by atoms with van der Waals surface area (Å²) in [6, 6.07) is 15.5. The highest BCUT2D eigenvalue weighted by atomic mass is 19.1. The van der Waals surface area contributed by atoms with Gasteiger partial charge in [-0.2, -0.15) is 4.98 Å². The maximum Gasteiger partial charge on any atom is 0.259 e. The molecule has 1 aromatic carbocycles. The van der Waals surface area contributed by atoms with E-state index in [9.17, 15) is 4.39 Å². The molecule has 4 aromatic rings. The van der Waals surface area contributed by atoms with Crippen molar-refractivity contribution in [3.05, 3.63) is 78.5 Å². The Morgan fingerprint density at radius 3 is 2.69 bits per heavy atom. The number of anilines is 1. The Morgan fingerprint density at radius 1 is 0.962 bits per heavy atom. The van der Waals surface area contributed by atoms with Crippen molar-refractivity contribution in [2.75, 3.05) is 5.32 Å². The van der Waals surface area contributed by atoms with E-state index in [1.165, 1.54) is 12.1 Å². The lowest BCUT2D eigenvalue weighted by molar-refractivity contribution is 0.432. The van der Waals surface area contributed by atoms with E-state index in [2.05, 4.69) is 25.4 Å². The zero-order valence-corrected chi connectivity index (χ0v) is 13.6. The van der Waals surface area contributed by atoms with E-state index in [1.54, 1.807) is 24.5 Å². The third-order valence-corrected chi connectivity index (χ3v) is 3.70. The van der Waals surface area contributed by atoms with Gasteiger partial charge in [-0.15, -0.1) is 0 Å². The van der Waals surface area contributed by atoms with Crippen molar-refractivity contribution in [3.8, 4) is 22.8 Å². The van der Waals surface area contributed by atoms with Gasteiger partial charge in [-0.1, -0.05) is 23.4 Å². The molecule has 0 spiro atoms. The molecule has 0 amide bonds. The van der Waals surface area contributed by atoms with E-state index in [4.69, 9.17) is 4.52 Å². The number of nitrogens with one attached hydrogen (secondary N) is 1. The summed E-state index contributed by atoms with van der Waals surface area (Å²) in [5, 5.41) is 7.09. The summed E-state index contributed by atoms with van der Waals surface area (Å²) in [6.07, 6.45) is 3.39. The van der Waals surface area contributed by atoms with Crippen LogP contribution in [0.25, 0.3) is 22.8 Å². The Bertz CT molecular complexity index is 1000. The van der Waals surface area contributed by atoms with E-state index < -0.39 is 0 Å². The van der Waals surface area contributed by atoms with Crippen LogP contribution in [0.4, 0.5) is 10.2 Å². The first kappa shape index (κ1) is 15.9. The van der Waals surface area contributed by atoms with Crippen LogP contribution in [0.5, 0.6) is 0 Å². The Hall–Kier alpha value is -3.61. The van der Waals surface area contributed by atoms with Crippen LogP contribution in [0.3, 0.4) is 0 Å². The summed E-state index contributed by atoms with van der Waals surface area (Å²) in [5.41, 5.74) is 2.17. The van der Waals surface area contributed by atoms with Crippen molar-refractivity contribution in [1.29, 1.82) is 0 Å². The number of rotatable bonds is 5.